The highest BCUT2D eigenvalue weighted by molar-refractivity contribution is 6.18. The van der Waals surface area contributed by atoms with Gasteiger partial charge in [-0.2, -0.15) is 0 Å². The van der Waals surface area contributed by atoms with Crippen molar-refractivity contribution in [1.29, 1.82) is 0 Å². The highest BCUT2D eigenvalue weighted by Gasteiger charge is 1.59. The van der Waals surface area contributed by atoms with E-state index in [9.17, 15) is 0 Å². The standard InChI is InChI=1S/C3H6ClNO.ClH/c4-2-1-3-5-6;/h1,3,5-6H,2H2;1H. The largest absolute Gasteiger partial charge is 0.292 e. The SMILES string of the molecule is Cl.ONC=CCCl. The highest BCUT2D eigenvalue weighted by Crippen LogP contribution is 1.71. The number of hydroxylamine groups is 1. The summed E-state index contributed by atoms with van der Waals surface area (Å²) in [5.41, 5.74) is 1.80. The molecule has 0 spiro atoms. The molecule has 7 heavy (non-hydrogen) atoms. The van der Waals surface area contributed by atoms with Gasteiger partial charge < -0.3 is 0 Å². The quantitative estimate of drug-likeness (QED) is 0.449. The minimum absolute atomic E-state index is 0. The second kappa shape index (κ2) is 9.43. The molecule has 0 atom stereocenters. The van der Waals surface area contributed by atoms with E-state index in [1.54, 1.807) is 11.6 Å². The first-order valence-electron chi connectivity index (χ1n) is 1.52. The lowest BCUT2D eigenvalue weighted by atomic mass is 10.7. The molecular weight excluding hydrogens is 137 g/mol. The third-order valence-electron chi connectivity index (χ3n) is 0.281. The van der Waals surface area contributed by atoms with Gasteiger partial charge in [0, 0.05) is 12.1 Å². The number of rotatable bonds is 2. The molecular formula is C3H7Cl2NO. The smallest absolute Gasteiger partial charge is 0.0421 e. The van der Waals surface area contributed by atoms with Crippen molar-refractivity contribution in [2.75, 3.05) is 5.88 Å². The number of allylic oxidation sites excluding steroid dienone is 1. The van der Waals surface area contributed by atoms with Gasteiger partial charge in [0.05, 0.1) is 0 Å². The normalized spacial score (nSPS) is 8.29. The molecule has 0 aliphatic rings. The molecule has 0 saturated heterocycles. The van der Waals surface area contributed by atoms with Gasteiger partial charge in [-0.25, -0.2) is 0 Å². The molecule has 4 heteroatoms. The lowest BCUT2D eigenvalue weighted by molar-refractivity contribution is 0.214. The van der Waals surface area contributed by atoms with E-state index in [4.69, 9.17) is 16.8 Å². The fourth-order valence-corrected chi connectivity index (χ4v) is 0.186. The lowest BCUT2D eigenvalue weighted by Gasteiger charge is -1.77. The maximum Gasteiger partial charge on any atom is 0.0421 e. The van der Waals surface area contributed by atoms with Crippen LogP contribution < -0.4 is 5.48 Å². The van der Waals surface area contributed by atoms with Crippen LogP contribution in [-0.4, -0.2) is 11.1 Å². The molecule has 0 radical (unpaired) electrons. The summed E-state index contributed by atoms with van der Waals surface area (Å²) in [5, 5.41) is 7.80. The van der Waals surface area contributed by atoms with Crippen molar-refractivity contribution < 1.29 is 5.21 Å². The van der Waals surface area contributed by atoms with Crippen molar-refractivity contribution >= 4 is 24.0 Å². The topological polar surface area (TPSA) is 32.3 Å². The first kappa shape index (κ1) is 10.1. The third kappa shape index (κ3) is 10.7. The summed E-state index contributed by atoms with van der Waals surface area (Å²) in [5.74, 6) is 0.424. The summed E-state index contributed by atoms with van der Waals surface area (Å²) in [4.78, 5) is 0. The Hall–Kier alpha value is 0.0800. The van der Waals surface area contributed by atoms with Gasteiger partial charge >= 0.3 is 0 Å². The van der Waals surface area contributed by atoms with Crippen LogP contribution in [0.1, 0.15) is 0 Å². The van der Waals surface area contributed by atoms with E-state index in [1.165, 1.54) is 6.20 Å². The zero-order valence-electron chi connectivity index (χ0n) is 3.60. The van der Waals surface area contributed by atoms with Crippen LogP contribution in [0.25, 0.3) is 0 Å². The van der Waals surface area contributed by atoms with Gasteiger partial charge in [0.2, 0.25) is 0 Å². The Morgan fingerprint density at radius 2 is 2.29 bits per heavy atom. The number of halogens is 2. The zero-order chi connectivity index (χ0) is 4.83. The maximum absolute atomic E-state index is 7.80. The van der Waals surface area contributed by atoms with E-state index in [0.717, 1.165) is 0 Å². The van der Waals surface area contributed by atoms with E-state index in [-0.39, 0.29) is 12.4 Å². The summed E-state index contributed by atoms with van der Waals surface area (Å²) in [6.45, 7) is 0. The number of alkyl halides is 1. The average molecular weight is 144 g/mol. The first-order chi connectivity index (χ1) is 2.91. The van der Waals surface area contributed by atoms with Crippen LogP contribution in [-0.2, 0) is 0 Å². The second-order valence-electron chi connectivity index (χ2n) is 0.686. The summed E-state index contributed by atoms with van der Waals surface area (Å²) in [7, 11) is 0. The van der Waals surface area contributed by atoms with Crippen LogP contribution in [0.15, 0.2) is 12.3 Å². The maximum atomic E-state index is 7.80. The Kier molecular flexibility index (Phi) is 13.7. The van der Waals surface area contributed by atoms with E-state index in [0.29, 0.717) is 5.88 Å². The van der Waals surface area contributed by atoms with Gasteiger partial charge in [0.25, 0.3) is 0 Å². The molecule has 0 unspecified atom stereocenters. The van der Waals surface area contributed by atoms with Crippen molar-refractivity contribution in [3.63, 3.8) is 0 Å². The minimum Gasteiger partial charge on any atom is -0.292 e. The molecule has 0 aromatic carbocycles. The van der Waals surface area contributed by atoms with Gasteiger partial charge in [-0.05, 0) is 0 Å². The molecule has 0 aromatic heterocycles. The fraction of sp³-hybridized carbons (Fsp3) is 0.333. The van der Waals surface area contributed by atoms with Crippen molar-refractivity contribution in [3.05, 3.63) is 12.3 Å². The van der Waals surface area contributed by atoms with Crippen LogP contribution in [0.5, 0.6) is 0 Å². The fourth-order valence-electron chi connectivity index (χ4n) is 0.0972. The minimum atomic E-state index is 0. The summed E-state index contributed by atoms with van der Waals surface area (Å²) < 4.78 is 0. The second-order valence-corrected chi connectivity index (χ2v) is 0.994. The van der Waals surface area contributed by atoms with Gasteiger partial charge in [0.15, 0.2) is 0 Å². The Balaban J connectivity index is 0. The number of hydrogen-bond acceptors (Lipinski definition) is 2. The summed E-state index contributed by atoms with van der Waals surface area (Å²) >= 11 is 5.14. The molecule has 0 heterocycles. The van der Waals surface area contributed by atoms with Crippen LogP contribution in [0, 0.1) is 0 Å². The average Bonchev–Trinajstić information content (AvgIpc) is 1.61. The van der Waals surface area contributed by atoms with Crippen LogP contribution >= 0.6 is 24.0 Å². The summed E-state index contributed by atoms with van der Waals surface area (Å²) in [6.07, 6.45) is 2.94. The Bertz CT molecular complexity index is 42.2. The monoisotopic (exact) mass is 143 g/mol. The zero-order valence-corrected chi connectivity index (χ0v) is 5.17. The van der Waals surface area contributed by atoms with E-state index in [2.05, 4.69) is 0 Å². The van der Waals surface area contributed by atoms with E-state index < -0.39 is 0 Å². The van der Waals surface area contributed by atoms with Crippen molar-refractivity contribution in [3.8, 4) is 0 Å². The van der Waals surface area contributed by atoms with Crippen LogP contribution in [0.3, 0.4) is 0 Å². The Labute approximate surface area is 53.5 Å². The Morgan fingerprint density at radius 3 is 2.43 bits per heavy atom. The molecule has 2 N–H and O–H groups in total. The van der Waals surface area contributed by atoms with Crippen molar-refractivity contribution in [1.82, 2.24) is 5.48 Å². The summed E-state index contributed by atoms with van der Waals surface area (Å²) in [6, 6.07) is 0. The third-order valence-corrected chi connectivity index (χ3v) is 0.460. The lowest BCUT2D eigenvalue weighted by Crippen LogP contribution is -1.92. The van der Waals surface area contributed by atoms with E-state index >= 15 is 0 Å². The molecule has 0 rings (SSSR count). The predicted octanol–water partition coefficient (Wildman–Crippen LogP) is 1.14. The Morgan fingerprint density at radius 1 is 1.71 bits per heavy atom. The first-order valence-corrected chi connectivity index (χ1v) is 2.06. The van der Waals surface area contributed by atoms with Crippen LogP contribution in [0.2, 0.25) is 0 Å². The molecule has 0 saturated carbocycles. The van der Waals surface area contributed by atoms with Crippen molar-refractivity contribution in [2.45, 2.75) is 0 Å². The molecule has 0 bridgehead atoms. The van der Waals surface area contributed by atoms with E-state index in [1.807, 2.05) is 0 Å². The predicted molar refractivity (Wildman–Crippen MR) is 32.0 cm³/mol. The molecule has 0 amide bonds. The van der Waals surface area contributed by atoms with Gasteiger partial charge in [0.1, 0.15) is 0 Å². The molecule has 0 aliphatic heterocycles. The molecule has 44 valence electrons. The molecule has 0 aliphatic carbocycles. The highest BCUT2D eigenvalue weighted by atomic mass is 35.5. The van der Waals surface area contributed by atoms with Gasteiger partial charge in [-0.15, -0.1) is 24.0 Å². The molecule has 0 fully saturated rings. The van der Waals surface area contributed by atoms with Crippen molar-refractivity contribution in [2.24, 2.45) is 0 Å². The number of hydrogen-bond donors (Lipinski definition) is 2. The molecule has 2 nitrogen and oxygen atoms in total. The van der Waals surface area contributed by atoms with Crippen LogP contribution in [0.4, 0.5) is 0 Å². The number of nitrogens with one attached hydrogen (secondary N) is 1. The van der Waals surface area contributed by atoms with Gasteiger partial charge in [-0.1, -0.05) is 6.08 Å². The van der Waals surface area contributed by atoms with Gasteiger partial charge in [-0.3, -0.25) is 10.7 Å². The molecule has 0 aromatic rings.